The van der Waals surface area contributed by atoms with Crippen molar-refractivity contribution in [2.75, 3.05) is 14.1 Å². The number of nitrogens with zero attached hydrogens (tertiary/aromatic N) is 1. The van der Waals surface area contributed by atoms with Gasteiger partial charge in [0, 0.05) is 34.8 Å². The molecule has 0 saturated heterocycles. The third kappa shape index (κ3) is 1.90. The summed E-state index contributed by atoms with van der Waals surface area (Å²) in [6.07, 6.45) is 1.92. The Hall–Kier alpha value is -1.88. The molecule has 16 heavy (non-hydrogen) atoms. The van der Waals surface area contributed by atoms with Crippen molar-refractivity contribution in [3.8, 4) is 0 Å². The van der Waals surface area contributed by atoms with Gasteiger partial charge in [-0.15, -0.1) is 0 Å². The number of nitro groups is 1. The SMILES string of the molecule is C[NH+](C)Cc1c[nH]c2ccc([N+](=O)[O-])cc12. The van der Waals surface area contributed by atoms with E-state index in [-0.39, 0.29) is 10.6 Å². The molecule has 0 aliphatic rings. The predicted octanol–water partition coefficient (Wildman–Crippen LogP) is 0.721. The van der Waals surface area contributed by atoms with Crippen LogP contribution < -0.4 is 4.90 Å². The summed E-state index contributed by atoms with van der Waals surface area (Å²) in [6.45, 7) is 0.848. The van der Waals surface area contributed by atoms with Gasteiger partial charge >= 0.3 is 0 Å². The second kappa shape index (κ2) is 3.94. The molecule has 1 heterocycles. The molecular weight excluding hydrogens is 206 g/mol. The van der Waals surface area contributed by atoms with Crippen molar-refractivity contribution in [3.63, 3.8) is 0 Å². The molecule has 0 unspecified atom stereocenters. The van der Waals surface area contributed by atoms with Crippen LogP contribution in [0, 0.1) is 10.1 Å². The normalized spacial score (nSPS) is 11.2. The molecule has 1 aromatic carbocycles. The number of H-pyrrole nitrogens is 1. The summed E-state index contributed by atoms with van der Waals surface area (Å²) < 4.78 is 0. The standard InChI is InChI=1S/C11H13N3O2/c1-13(2)7-8-6-12-11-4-3-9(14(15)16)5-10(8)11/h3-6,12H,7H2,1-2H3/p+1. The smallest absolute Gasteiger partial charge is 0.270 e. The van der Waals surface area contributed by atoms with Crippen LogP contribution in [0.1, 0.15) is 5.56 Å². The van der Waals surface area contributed by atoms with Gasteiger partial charge in [-0.05, 0) is 6.07 Å². The molecule has 84 valence electrons. The fourth-order valence-corrected chi connectivity index (χ4v) is 1.81. The van der Waals surface area contributed by atoms with Gasteiger partial charge in [0.1, 0.15) is 6.54 Å². The van der Waals surface area contributed by atoms with Crippen LogP contribution in [-0.2, 0) is 6.54 Å². The summed E-state index contributed by atoms with van der Waals surface area (Å²) in [7, 11) is 4.10. The highest BCUT2D eigenvalue weighted by Gasteiger charge is 2.11. The Bertz CT molecular complexity index is 531. The Morgan fingerprint density at radius 1 is 1.44 bits per heavy atom. The van der Waals surface area contributed by atoms with Gasteiger partial charge in [-0.2, -0.15) is 0 Å². The van der Waals surface area contributed by atoms with E-state index < -0.39 is 0 Å². The number of rotatable bonds is 3. The van der Waals surface area contributed by atoms with E-state index in [1.165, 1.54) is 11.0 Å². The van der Waals surface area contributed by atoms with E-state index in [9.17, 15) is 10.1 Å². The quantitative estimate of drug-likeness (QED) is 0.591. The lowest BCUT2D eigenvalue weighted by molar-refractivity contribution is -0.872. The summed E-state index contributed by atoms with van der Waals surface area (Å²) in [5, 5.41) is 11.6. The minimum atomic E-state index is -0.362. The monoisotopic (exact) mass is 220 g/mol. The Morgan fingerprint density at radius 3 is 2.81 bits per heavy atom. The highest BCUT2D eigenvalue weighted by atomic mass is 16.6. The zero-order chi connectivity index (χ0) is 11.7. The topological polar surface area (TPSA) is 63.4 Å². The van der Waals surface area contributed by atoms with Gasteiger partial charge in [0.25, 0.3) is 5.69 Å². The van der Waals surface area contributed by atoms with Gasteiger partial charge in [0.05, 0.1) is 19.0 Å². The Labute approximate surface area is 92.8 Å². The molecule has 2 rings (SSSR count). The summed E-state index contributed by atoms with van der Waals surface area (Å²) in [6, 6.07) is 4.90. The van der Waals surface area contributed by atoms with Gasteiger partial charge in [-0.1, -0.05) is 0 Å². The maximum absolute atomic E-state index is 10.7. The molecule has 0 fully saturated rings. The van der Waals surface area contributed by atoms with Crippen LogP contribution >= 0.6 is 0 Å². The van der Waals surface area contributed by atoms with Crippen LogP contribution in [0.2, 0.25) is 0 Å². The van der Waals surface area contributed by atoms with Crippen molar-refractivity contribution in [3.05, 3.63) is 40.1 Å². The zero-order valence-electron chi connectivity index (χ0n) is 9.28. The molecule has 0 radical (unpaired) electrons. The van der Waals surface area contributed by atoms with Gasteiger partial charge in [-0.25, -0.2) is 0 Å². The van der Waals surface area contributed by atoms with Crippen molar-refractivity contribution >= 4 is 16.6 Å². The number of aromatic amines is 1. The van der Waals surface area contributed by atoms with Crippen molar-refractivity contribution < 1.29 is 9.82 Å². The van der Waals surface area contributed by atoms with E-state index in [1.54, 1.807) is 12.1 Å². The molecule has 1 aromatic heterocycles. The first kappa shape index (κ1) is 10.6. The summed E-state index contributed by atoms with van der Waals surface area (Å²) >= 11 is 0. The first-order valence-corrected chi connectivity index (χ1v) is 5.11. The van der Waals surface area contributed by atoms with Crippen LogP contribution in [0.3, 0.4) is 0 Å². The highest BCUT2D eigenvalue weighted by molar-refractivity contribution is 5.85. The molecule has 0 aliphatic heterocycles. The Morgan fingerprint density at radius 2 is 2.19 bits per heavy atom. The summed E-state index contributed by atoms with van der Waals surface area (Å²) in [4.78, 5) is 14.7. The van der Waals surface area contributed by atoms with Crippen LogP contribution in [0.4, 0.5) is 5.69 Å². The summed E-state index contributed by atoms with van der Waals surface area (Å²) in [5.74, 6) is 0. The number of fused-ring (bicyclic) bond motifs is 1. The number of benzene rings is 1. The van der Waals surface area contributed by atoms with Crippen molar-refractivity contribution in [2.24, 2.45) is 0 Å². The molecule has 0 amide bonds. The van der Waals surface area contributed by atoms with E-state index in [4.69, 9.17) is 0 Å². The minimum absolute atomic E-state index is 0.141. The number of aromatic nitrogens is 1. The maximum atomic E-state index is 10.7. The minimum Gasteiger partial charge on any atom is -0.361 e. The molecule has 0 bridgehead atoms. The lowest BCUT2D eigenvalue weighted by Crippen LogP contribution is -3.04. The third-order valence-corrected chi connectivity index (χ3v) is 2.51. The van der Waals surface area contributed by atoms with Crippen LogP contribution in [0.25, 0.3) is 10.9 Å². The molecule has 5 nitrogen and oxygen atoms in total. The zero-order valence-corrected chi connectivity index (χ0v) is 9.28. The number of hydrogen-bond donors (Lipinski definition) is 2. The molecule has 2 N–H and O–H groups in total. The van der Waals surface area contributed by atoms with E-state index in [0.29, 0.717) is 0 Å². The molecule has 2 aromatic rings. The highest BCUT2D eigenvalue weighted by Crippen LogP contribution is 2.22. The fraction of sp³-hybridized carbons (Fsp3) is 0.273. The van der Waals surface area contributed by atoms with Gasteiger partial charge in [0.2, 0.25) is 0 Å². The average molecular weight is 220 g/mol. The van der Waals surface area contributed by atoms with Crippen LogP contribution in [0.5, 0.6) is 0 Å². The van der Waals surface area contributed by atoms with Gasteiger partial charge < -0.3 is 9.88 Å². The van der Waals surface area contributed by atoms with Crippen molar-refractivity contribution in [1.29, 1.82) is 0 Å². The Balaban J connectivity index is 2.51. The number of hydrogen-bond acceptors (Lipinski definition) is 2. The lowest BCUT2D eigenvalue weighted by atomic mass is 10.1. The second-order valence-corrected chi connectivity index (χ2v) is 4.18. The molecule has 0 atom stereocenters. The maximum Gasteiger partial charge on any atom is 0.270 e. The second-order valence-electron chi connectivity index (χ2n) is 4.18. The first-order chi connectivity index (χ1) is 7.58. The van der Waals surface area contributed by atoms with Gasteiger partial charge in [-0.3, -0.25) is 10.1 Å². The van der Waals surface area contributed by atoms with Crippen LogP contribution in [-0.4, -0.2) is 24.0 Å². The lowest BCUT2D eigenvalue weighted by Gasteiger charge is -2.05. The predicted molar refractivity (Wildman–Crippen MR) is 61.5 cm³/mol. The number of nitrogens with one attached hydrogen (secondary N) is 2. The first-order valence-electron chi connectivity index (χ1n) is 5.11. The molecule has 0 spiro atoms. The summed E-state index contributed by atoms with van der Waals surface area (Å²) in [5.41, 5.74) is 2.20. The number of nitro benzene ring substituents is 1. The largest absolute Gasteiger partial charge is 0.361 e. The number of non-ortho nitro benzene ring substituents is 1. The van der Waals surface area contributed by atoms with E-state index >= 15 is 0 Å². The molecular formula is C11H14N3O2+. The third-order valence-electron chi connectivity index (χ3n) is 2.51. The van der Waals surface area contributed by atoms with E-state index in [0.717, 1.165) is 23.0 Å². The fourth-order valence-electron chi connectivity index (χ4n) is 1.81. The van der Waals surface area contributed by atoms with Crippen molar-refractivity contribution in [1.82, 2.24) is 4.98 Å². The van der Waals surface area contributed by atoms with Crippen LogP contribution in [0.15, 0.2) is 24.4 Å². The Kier molecular flexibility index (Phi) is 2.62. The average Bonchev–Trinajstić information content (AvgIpc) is 2.60. The van der Waals surface area contributed by atoms with Gasteiger partial charge in [0.15, 0.2) is 0 Å². The van der Waals surface area contributed by atoms with E-state index in [2.05, 4.69) is 19.1 Å². The van der Waals surface area contributed by atoms with E-state index in [1.807, 2.05) is 6.20 Å². The molecule has 0 aliphatic carbocycles. The molecule has 0 saturated carbocycles. The number of quaternary nitrogens is 1. The van der Waals surface area contributed by atoms with Crippen molar-refractivity contribution in [2.45, 2.75) is 6.54 Å². The molecule has 5 heteroatoms.